The van der Waals surface area contributed by atoms with Crippen LogP contribution in [0, 0.1) is 17.7 Å². The zero-order chi connectivity index (χ0) is 14.2. The van der Waals surface area contributed by atoms with Crippen molar-refractivity contribution in [3.63, 3.8) is 0 Å². The van der Waals surface area contributed by atoms with Crippen molar-refractivity contribution in [1.82, 2.24) is 0 Å². The van der Waals surface area contributed by atoms with Gasteiger partial charge in [-0.05, 0) is 36.7 Å². The number of ether oxygens (including phenoxy) is 1. The Morgan fingerprint density at radius 1 is 1.05 bits per heavy atom. The van der Waals surface area contributed by atoms with Crippen LogP contribution >= 0.6 is 0 Å². The summed E-state index contributed by atoms with van der Waals surface area (Å²) in [5.41, 5.74) is 7.19. The highest BCUT2D eigenvalue weighted by atomic mass is 19.1. The number of hydrogen-bond donors (Lipinski definition) is 1. The van der Waals surface area contributed by atoms with Gasteiger partial charge in [0.25, 0.3) is 0 Å². The standard InChI is InChI=1S/C17H16FNO/c18-16-10-4-9-15(11-12-19)17(16)20-13-5-8-14-6-2-1-3-7-14/h1-4,6-7,9-10H,11-13,19H2. The monoisotopic (exact) mass is 269 g/mol. The lowest BCUT2D eigenvalue weighted by molar-refractivity contribution is 0.344. The molecule has 0 fully saturated rings. The van der Waals surface area contributed by atoms with Crippen molar-refractivity contribution in [3.05, 3.63) is 65.5 Å². The van der Waals surface area contributed by atoms with Gasteiger partial charge in [0.15, 0.2) is 11.6 Å². The van der Waals surface area contributed by atoms with Crippen LogP contribution in [0.5, 0.6) is 5.75 Å². The van der Waals surface area contributed by atoms with Gasteiger partial charge in [0.05, 0.1) is 0 Å². The predicted molar refractivity (Wildman–Crippen MR) is 78.0 cm³/mol. The lowest BCUT2D eigenvalue weighted by atomic mass is 10.1. The first-order valence-corrected chi connectivity index (χ1v) is 6.45. The summed E-state index contributed by atoms with van der Waals surface area (Å²) in [5.74, 6) is 5.71. The number of nitrogens with two attached hydrogens (primary N) is 1. The first-order chi connectivity index (χ1) is 9.81. The summed E-state index contributed by atoms with van der Waals surface area (Å²) in [6.45, 7) is 0.600. The summed E-state index contributed by atoms with van der Waals surface area (Å²) >= 11 is 0. The molecule has 0 atom stereocenters. The second-order valence-electron chi connectivity index (χ2n) is 4.22. The Kier molecular flexibility index (Phi) is 5.16. The van der Waals surface area contributed by atoms with Crippen molar-refractivity contribution in [2.75, 3.05) is 13.2 Å². The molecule has 0 spiro atoms. The number of benzene rings is 2. The van der Waals surface area contributed by atoms with Crippen molar-refractivity contribution in [2.45, 2.75) is 6.42 Å². The molecule has 0 radical (unpaired) electrons. The first kappa shape index (κ1) is 14.1. The van der Waals surface area contributed by atoms with Crippen LogP contribution < -0.4 is 10.5 Å². The summed E-state index contributed by atoms with van der Waals surface area (Å²) in [6, 6.07) is 14.4. The molecule has 0 saturated carbocycles. The van der Waals surface area contributed by atoms with Crippen molar-refractivity contribution in [3.8, 4) is 17.6 Å². The minimum absolute atomic E-state index is 0.146. The molecule has 0 aromatic heterocycles. The molecule has 0 heterocycles. The van der Waals surface area contributed by atoms with E-state index in [0.29, 0.717) is 13.0 Å². The van der Waals surface area contributed by atoms with E-state index in [1.54, 1.807) is 6.07 Å². The molecule has 3 heteroatoms. The third-order valence-corrected chi connectivity index (χ3v) is 2.76. The topological polar surface area (TPSA) is 35.2 Å². The maximum atomic E-state index is 13.7. The molecule has 0 saturated heterocycles. The van der Waals surface area contributed by atoms with Crippen LogP contribution in [0.1, 0.15) is 11.1 Å². The highest BCUT2D eigenvalue weighted by Gasteiger charge is 2.08. The van der Waals surface area contributed by atoms with Crippen LogP contribution in [-0.2, 0) is 6.42 Å². The second-order valence-corrected chi connectivity index (χ2v) is 4.22. The normalized spacial score (nSPS) is 9.70. The second kappa shape index (κ2) is 7.32. The Balaban J connectivity index is 2.03. The highest BCUT2D eigenvalue weighted by Crippen LogP contribution is 2.22. The van der Waals surface area contributed by atoms with Crippen LogP contribution in [0.25, 0.3) is 0 Å². The van der Waals surface area contributed by atoms with E-state index < -0.39 is 0 Å². The van der Waals surface area contributed by atoms with E-state index in [1.807, 2.05) is 36.4 Å². The van der Waals surface area contributed by atoms with Gasteiger partial charge in [-0.15, -0.1) is 0 Å². The van der Waals surface area contributed by atoms with Gasteiger partial charge >= 0.3 is 0 Å². The molecule has 2 nitrogen and oxygen atoms in total. The molecule has 2 rings (SSSR count). The number of rotatable bonds is 4. The fourth-order valence-corrected chi connectivity index (χ4v) is 1.84. The molecule has 0 bridgehead atoms. The van der Waals surface area contributed by atoms with Gasteiger partial charge in [-0.2, -0.15) is 0 Å². The Morgan fingerprint density at radius 2 is 1.85 bits per heavy atom. The highest BCUT2D eigenvalue weighted by molar-refractivity contribution is 5.37. The predicted octanol–water partition coefficient (Wildman–Crippen LogP) is 2.76. The van der Waals surface area contributed by atoms with Crippen molar-refractivity contribution in [2.24, 2.45) is 5.73 Å². The molecule has 0 aliphatic heterocycles. The molecule has 0 unspecified atom stereocenters. The largest absolute Gasteiger partial charge is 0.478 e. The van der Waals surface area contributed by atoms with E-state index in [0.717, 1.165) is 11.1 Å². The van der Waals surface area contributed by atoms with E-state index >= 15 is 0 Å². The molecule has 20 heavy (non-hydrogen) atoms. The molecule has 0 amide bonds. The first-order valence-electron chi connectivity index (χ1n) is 6.45. The van der Waals surface area contributed by atoms with Crippen molar-refractivity contribution >= 4 is 0 Å². The van der Waals surface area contributed by atoms with Gasteiger partial charge in [-0.1, -0.05) is 42.2 Å². The lowest BCUT2D eigenvalue weighted by Gasteiger charge is -2.09. The Morgan fingerprint density at radius 3 is 2.60 bits per heavy atom. The van der Waals surface area contributed by atoms with Crippen LogP contribution in [-0.4, -0.2) is 13.2 Å². The maximum Gasteiger partial charge on any atom is 0.165 e. The van der Waals surface area contributed by atoms with Gasteiger partial charge in [0.1, 0.15) is 6.61 Å². The van der Waals surface area contributed by atoms with Gasteiger partial charge in [0, 0.05) is 5.56 Å². The van der Waals surface area contributed by atoms with Gasteiger partial charge in [0.2, 0.25) is 0 Å². The molecular weight excluding hydrogens is 253 g/mol. The fraction of sp³-hybridized carbons (Fsp3) is 0.176. The van der Waals surface area contributed by atoms with Gasteiger partial charge in [-0.3, -0.25) is 0 Å². The zero-order valence-corrected chi connectivity index (χ0v) is 11.1. The van der Waals surface area contributed by atoms with Crippen molar-refractivity contribution < 1.29 is 9.13 Å². The number of hydrogen-bond acceptors (Lipinski definition) is 2. The quantitative estimate of drug-likeness (QED) is 0.866. The summed E-state index contributed by atoms with van der Waals surface area (Å²) in [5, 5.41) is 0. The van der Waals surface area contributed by atoms with Crippen LogP contribution in [0.15, 0.2) is 48.5 Å². The van der Waals surface area contributed by atoms with E-state index in [1.165, 1.54) is 6.07 Å². The van der Waals surface area contributed by atoms with E-state index in [4.69, 9.17) is 10.5 Å². The molecule has 2 aromatic carbocycles. The molecule has 0 aliphatic rings. The minimum atomic E-state index is -0.377. The smallest absolute Gasteiger partial charge is 0.165 e. The third kappa shape index (κ3) is 3.84. The molecule has 0 aliphatic carbocycles. The van der Waals surface area contributed by atoms with Gasteiger partial charge < -0.3 is 10.5 Å². The zero-order valence-electron chi connectivity index (χ0n) is 11.1. The number of para-hydroxylation sites is 1. The minimum Gasteiger partial charge on any atom is -0.478 e. The summed E-state index contributed by atoms with van der Waals surface area (Å²) in [7, 11) is 0. The molecule has 2 N–H and O–H groups in total. The Labute approximate surface area is 118 Å². The summed E-state index contributed by atoms with van der Waals surface area (Å²) in [6.07, 6.45) is 0.583. The van der Waals surface area contributed by atoms with E-state index in [9.17, 15) is 4.39 Å². The maximum absolute atomic E-state index is 13.7. The van der Waals surface area contributed by atoms with Crippen LogP contribution in [0.4, 0.5) is 4.39 Å². The van der Waals surface area contributed by atoms with E-state index in [2.05, 4.69) is 11.8 Å². The number of halogens is 1. The molecule has 2 aromatic rings. The van der Waals surface area contributed by atoms with Crippen molar-refractivity contribution in [1.29, 1.82) is 0 Å². The Hall–Kier alpha value is -2.31. The van der Waals surface area contributed by atoms with Crippen LogP contribution in [0.2, 0.25) is 0 Å². The third-order valence-electron chi connectivity index (χ3n) is 2.76. The fourth-order valence-electron chi connectivity index (χ4n) is 1.84. The average molecular weight is 269 g/mol. The summed E-state index contributed by atoms with van der Waals surface area (Å²) < 4.78 is 19.1. The van der Waals surface area contributed by atoms with Gasteiger partial charge in [-0.25, -0.2) is 4.39 Å². The SMILES string of the molecule is NCCc1cccc(F)c1OCC#Cc1ccccc1. The summed E-state index contributed by atoms with van der Waals surface area (Å²) in [4.78, 5) is 0. The van der Waals surface area contributed by atoms with Crippen LogP contribution in [0.3, 0.4) is 0 Å². The average Bonchev–Trinajstić information content (AvgIpc) is 2.47. The lowest BCUT2D eigenvalue weighted by Crippen LogP contribution is -2.06. The molecular formula is C17H16FNO. The Bertz CT molecular complexity index is 614. The van der Waals surface area contributed by atoms with E-state index in [-0.39, 0.29) is 18.2 Å². The molecule has 102 valence electrons.